The van der Waals surface area contributed by atoms with Crippen molar-refractivity contribution in [3.8, 4) is 0 Å². The predicted octanol–water partition coefficient (Wildman–Crippen LogP) is 2.59. The molecule has 1 aliphatic heterocycles. The summed E-state index contributed by atoms with van der Waals surface area (Å²) >= 11 is 1.65. The third-order valence-corrected chi connectivity index (χ3v) is 5.74. The fourth-order valence-corrected chi connectivity index (χ4v) is 4.21. The first-order valence-corrected chi connectivity index (χ1v) is 10.5. The molecular weight excluding hydrogens is 324 g/mol. The number of aromatic nitrogens is 2. The number of rotatable bonds is 6. The van der Waals surface area contributed by atoms with E-state index < -0.39 is 0 Å². The Morgan fingerprint density at radius 2 is 2.00 bits per heavy atom. The maximum atomic E-state index is 12.4. The molecule has 0 aromatic carbocycles. The van der Waals surface area contributed by atoms with Crippen molar-refractivity contribution in [2.24, 2.45) is 5.92 Å². The number of hydrogen-bond donors (Lipinski definition) is 1. The standard InChI is InChI=1S/C17H28N4O2S/c1-24-12-15-19-16(23-20-15)11-18-17(22)13-7-9-21(10-8-13)14-5-3-2-4-6-14/h13-14H,2-12H2,1H3,(H,18,22). The van der Waals surface area contributed by atoms with E-state index in [-0.39, 0.29) is 11.8 Å². The molecule has 1 aliphatic carbocycles. The van der Waals surface area contributed by atoms with Crippen LogP contribution in [0, 0.1) is 5.92 Å². The number of piperidine rings is 1. The van der Waals surface area contributed by atoms with Crippen molar-refractivity contribution in [2.75, 3.05) is 19.3 Å². The van der Waals surface area contributed by atoms with Crippen LogP contribution >= 0.6 is 11.8 Å². The van der Waals surface area contributed by atoms with Crippen LogP contribution in [0.1, 0.15) is 56.7 Å². The molecule has 0 radical (unpaired) electrons. The van der Waals surface area contributed by atoms with E-state index in [1.807, 2.05) is 6.26 Å². The third-order valence-electron chi connectivity index (χ3n) is 5.19. The van der Waals surface area contributed by atoms with Crippen LogP contribution in [0.15, 0.2) is 4.52 Å². The molecule has 1 N–H and O–H groups in total. The first-order valence-electron chi connectivity index (χ1n) is 9.08. The SMILES string of the molecule is CSCc1noc(CNC(=O)C2CCN(C3CCCCC3)CC2)n1. The number of carbonyl (C=O) groups excluding carboxylic acids is 1. The summed E-state index contributed by atoms with van der Waals surface area (Å²) in [6, 6.07) is 0.760. The van der Waals surface area contributed by atoms with Gasteiger partial charge < -0.3 is 14.7 Å². The topological polar surface area (TPSA) is 71.3 Å². The number of nitrogens with one attached hydrogen (secondary N) is 1. The highest BCUT2D eigenvalue weighted by molar-refractivity contribution is 7.97. The molecule has 0 atom stereocenters. The second-order valence-electron chi connectivity index (χ2n) is 6.86. The van der Waals surface area contributed by atoms with Gasteiger partial charge in [0, 0.05) is 12.0 Å². The monoisotopic (exact) mass is 352 g/mol. The molecule has 1 amide bonds. The van der Waals surface area contributed by atoms with E-state index in [1.54, 1.807) is 11.8 Å². The van der Waals surface area contributed by atoms with E-state index >= 15 is 0 Å². The lowest BCUT2D eigenvalue weighted by Crippen LogP contribution is -2.45. The normalized spacial score (nSPS) is 21.0. The fourth-order valence-electron chi connectivity index (χ4n) is 3.83. The van der Waals surface area contributed by atoms with Crippen LogP contribution in [-0.2, 0) is 17.1 Å². The Morgan fingerprint density at radius 1 is 1.25 bits per heavy atom. The van der Waals surface area contributed by atoms with E-state index in [2.05, 4.69) is 20.4 Å². The van der Waals surface area contributed by atoms with Gasteiger partial charge in [-0.2, -0.15) is 16.7 Å². The molecule has 1 saturated carbocycles. The molecule has 24 heavy (non-hydrogen) atoms. The summed E-state index contributed by atoms with van der Waals surface area (Å²) in [5, 5.41) is 6.85. The maximum Gasteiger partial charge on any atom is 0.246 e. The zero-order valence-electron chi connectivity index (χ0n) is 14.5. The van der Waals surface area contributed by atoms with Gasteiger partial charge >= 0.3 is 0 Å². The van der Waals surface area contributed by atoms with E-state index in [0.29, 0.717) is 18.3 Å². The van der Waals surface area contributed by atoms with Crippen molar-refractivity contribution < 1.29 is 9.32 Å². The molecule has 0 unspecified atom stereocenters. The van der Waals surface area contributed by atoms with E-state index in [4.69, 9.17) is 4.52 Å². The van der Waals surface area contributed by atoms with Crippen LogP contribution in [0.25, 0.3) is 0 Å². The van der Waals surface area contributed by atoms with Crippen molar-refractivity contribution in [1.29, 1.82) is 0 Å². The number of likely N-dealkylation sites (tertiary alicyclic amines) is 1. The quantitative estimate of drug-likeness (QED) is 0.848. The lowest BCUT2D eigenvalue weighted by atomic mass is 9.90. The maximum absolute atomic E-state index is 12.4. The lowest BCUT2D eigenvalue weighted by Gasteiger charge is -2.38. The first-order chi connectivity index (χ1) is 11.8. The van der Waals surface area contributed by atoms with Gasteiger partial charge in [0.15, 0.2) is 5.82 Å². The van der Waals surface area contributed by atoms with Gasteiger partial charge in [-0.15, -0.1) is 0 Å². The van der Waals surface area contributed by atoms with Gasteiger partial charge in [0.05, 0.1) is 12.3 Å². The fraction of sp³-hybridized carbons (Fsp3) is 0.824. The first kappa shape index (κ1) is 17.7. The summed E-state index contributed by atoms with van der Waals surface area (Å²) in [6.07, 6.45) is 10.7. The number of amides is 1. The van der Waals surface area contributed by atoms with Crippen LogP contribution in [-0.4, -0.2) is 46.3 Å². The van der Waals surface area contributed by atoms with Crippen molar-refractivity contribution >= 4 is 17.7 Å². The molecule has 3 rings (SSSR count). The average molecular weight is 353 g/mol. The number of nitrogens with zero attached hydrogens (tertiary/aromatic N) is 3. The van der Waals surface area contributed by atoms with Crippen LogP contribution < -0.4 is 5.32 Å². The van der Waals surface area contributed by atoms with E-state index in [0.717, 1.165) is 37.7 Å². The second kappa shape index (κ2) is 8.85. The predicted molar refractivity (Wildman–Crippen MR) is 94.5 cm³/mol. The minimum Gasteiger partial charge on any atom is -0.347 e. The molecule has 2 aliphatic rings. The Bertz CT molecular complexity index is 522. The summed E-state index contributed by atoms with van der Waals surface area (Å²) in [6.45, 7) is 2.45. The summed E-state index contributed by atoms with van der Waals surface area (Å²) in [7, 11) is 0. The van der Waals surface area contributed by atoms with Crippen molar-refractivity contribution in [1.82, 2.24) is 20.4 Å². The molecule has 6 nitrogen and oxygen atoms in total. The van der Waals surface area contributed by atoms with Crippen LogP contribution in [0.2, 0.25) is 0 Å². The Morgan fingerprint density at radius 3 is 2.71 bits per heavy atom. The van der Waals surface area contributed by atoms with E-state index in [1.165, 1.54) is 32.1 Å². The van der Waals surface area contributed by atoms with Crippen molar-refractivity contribution in [3.63, 3.8) is 0 Å². The Labute approximate surface area is 148 Å². The summed E-state index contributed by atoms with van der Waals surface area (Å²) in [4.78, 5) is 19.2. The smallest absolute Gasteiger partial charge is 0.246 e. The molecule has 2 fully saturated rings. The molecule has 1 saturated heterocycles. The van der Waals surface area contributed by atoms with Gasteiger partial charge in [-0.05, 0) is 45.0 Å². The van der Waals surface area contributed by atoms with Gasteiger partial charge in [0.25, 0.3) is 0 Å². The molecule has 2 heterocycles. The highest BCUT2D eigenvalue weighted by Crippen LogP contribution is 2.27. The molecule has 0 spiro atoms. The molecule has 1 aromatic rings. The van der Waals surface area contributed by atoms with Crippen molar-refractivity contribution in [3.05, 3.63) is 11.7 Å². The molecule has 0 bridgehead atoms. The highest BCUT2D eigenvalue weighted by Gasteiger charge is 2.29. The summed E-state index contributed by atoms with van der Waals surface area (Å²) < 4.78 is 5.15. The zero-order valence-corrected chi connectivity index (χ0v) is 15.3. The highest BCUT2D eigenvalue weighted by atomic mass is 32.2. The second-order valence-corrected chi connectivity index (χ2v) is 7.72. The van der Waals surface area contributed by atoms with Gasteiger partial charge in [-0.3, -0.25) is 4.79 Å². The Balaban J connectivity index is 1.39. The van der Waals surface area contributed by atoms with Crippen LogP contribution in [0.4, 0.5) is 0 Å². The average Bonchev–Trinajstić information content (AvgIpc) is 3.08. The third kappa shape index (κ3) is 4.72. The molecule has 134 valence electrons. The Kier molecular flexibility index (Phi) is 6.54. The minimum atomic E-state index is 0.124. The Hall–Kier alpha value is -1.08. The minimum absolute atomic E-state index is 0.124. The summed E-state index contributed by atoms with van der Waals surface area (Å²) in [5.41, 5.74) is 0. The molecule has 1 aromatic heterocycles. The summed E-state index contributed by atoms with van der Waals surface area (Å²) in [5.74, 6) is 2.16. The molecule has 7 heteroatoms. The lowest BCUT2D eigenvalue weighted by molar-refractivity contribution is -0.127. The number of hydrogen-bond acceptors (Lipinski definition) is 6. The van der Waals surface area contributed by atoms with Crippen molar-refractivity contribution in [2.45, 2.75) is 63.3 Å². The number of carbonyl (C=O) groups is 1. The zero-order chi connectivity index (χ0) is 16.8. The molecular formula is C17H28N4O2S. The van der Waals surface area contributed by atoms with Gasteiger partial charge in [0.1, 0.15) is 0 Å². The van der Waals surface area contributed by atoms with Crippen LogP contribution in [0.3, 0.4) is 0 Å². The van der Waals surface area contributed by atoms with Gasteiger partial charge in [-0.25, -0.2) is 0 Å². The van der Waals surface area contributed by atoms with Gasteiger partial charge in [-0.1, -0.05) is 24.4 Å². The number of thioether (sulfide) groups is 1. The largest absolute Gasteiger partial charge is 0.347 e. The van der Waals surface area contributed by atoms with Crippen LogP contribution in [0.5, 0.6) is 0 Å². The van der Waals surface area contributed by atoms with E-state index in [9.17, 15) is 4.79 Å². The van der Waals surface area contributed by atoms with Gasteiger partial charge in [0.2, 0.25) is 11.8 Å².